The Kier molecular flexibility index (Phi) is 1.89. The lowest BCUT2D eigenvalue weighted by atomic mass is 10.3. The molecular formula is C6H7BrN2O. The molecule has 0 saturated carbocycles. The van der Waals surface area contributed by atoms with Gasteiger partial charge in [0.25, 0.3) is 0 Å². The maximum absolute atomic E-state index is 10.8. The molecule has 0 saturated heterocycles. The van der Waals surface area contributed by atoms with Crippen LogP contribution in [0.1, 0.15) is 17.4 Å². The number of hydrogen-bond acceptors (Lipinski definition) is 2. The molecule has 0 bridgehead atoms. The Balaban J connectivity index is 3.15. The summed E-state index contributed by atoms with van der Waals surface area (Å²) in [4.78, 5) is 10.8. The zero-order valence-corrected chi connectivity index (χ0v) is 7.34. The summed E-state index contributed by atoms with van der Waals surface area (Å²) in [6.45, 7) is 1.52. The molecule has 1 rings (SSSR count). The van der Waals surface area contributed by atoms with Gasteiger partial charge >= 0.3 is 0 Å². The molecule has 1 aromatic rings. The summed E-state index contributed by atoms with van der Waals surface area (Å²) in [7, 11) is 1.74. The smallest absolute Gasteiger partial charge is 0.177 e. The van der Waals surface area contributed by atoms with E-state index in [1.165, 1.54) is 6.92 Å². The molecule has 0 aliphatic rings. The SMILES string of the molecule is CC(=O)c1cc(Br)nn1C. The van der Waals surface area contributed by atoms with Gasteiger partial charge in [-0.2, -0.15) is 5.10 Å². The second-order valence-electron chi connectivity index (χ2n) is 2.03. The van der Waals surface area contributed by atoms with Crippen LogP contribution in [0.15, 0.2) is 10.7 Å². The van der Waals surface area contributed by atoms with E-state index in [1.54, 1.807) is 17.8 Å². The highest BCUT2D eigenvalue weighted by Crippen LogP contribution is 2.09. The van der Waals surface area contributed by atoms with Crippen LogP contribution in [0.5, 0.6) is 0 Å². The Bertz CT molecular complexity index is 267. The summed E-state index contributed by atoms with van der Waals surface area (Å²) in [5.74, 6) is 0.0284. The average molecular weight is 203 g/mol. The number of Topliss-reactive ketones (excluding diaryl/α,β-unsaturated/α-hetero) is 1. The maximum Gasteiger partial charge on any atom is 0.177 e. The van der Waals surface area contributed by atoms with Gasteiger partial charge in [0.15, 0.2) is 5.78 Å². The van der Waals surface area contributed by atoms with Crippen LogP contribution in [-0.4, -0.2) is 15.6 Å². The maximum atomic E-state index is 10.8. The summed E-state index contributed by atoms with van der Waals surface area (Å²) in [5, 5.41) is 3.94. The van der Waals surface area contributed by atoms with Gasteiger partial charge in [-0.1, -0.05) is 0 Å². The molecule has 54 valence electrons. The molecular weight excluding hydrogens is 196 g/mol. The molecule has 0 fully saturated rings. The largest absolute Gasteiger partial charge is 0.293 e. The third kappa shape index (κ3) is 1.26. The van der Waals surface area contributed by atoms with Gasteiger partial charge in [-0.15, -0.1) is 0 Å². The number of carbonyl (C=O) groups is 1. The molecule has 0 aliphatic carbocycles. The van der Waals surface area contributed by atoms with Gasteiger partial charge in [-0.05, 0) is 15.9 Å². The van der Waals surface area contributed by atoms with Gasteiger partial charge in [0.2, 0.25) is 0 Å². The van der Waals surface area contributed by atoms with Gasteiger partial charge in [0.1, 0.15) is 10.3 Å². The van der Waals surface area contributed by atoms with Gasteiger partial charge in [-0.25, -0.2) is 0 Å². The molecule has 0 N–H and O–H groups in total. The van der Waals surface area contributed by atoms with Gasteiger partial charge in [-0.3, -0.25) is 9.48 Å². The number of rotatable bonds is 1. The molecule has 0 aliphatic heterocycles. The molecule has 0 unspecified atom stereocenters. The van der Waals surface area contributed by atoms with Crippen LogP contribution in [-0.2, 0) is 7.05 Å². The molecule has 4 heteroatoms. The van der Waals surface area contributed by atoms with Crippen molar-refractivity contribution >= 4 is 21.7 Å². The van der Waals surface area contributed by atoms with Crippen LogP contribution in [0.25, 0.3) is 0 Å². The van der Waals surface area contributed by atoms with Crippen molar-refractivity contribution in [1.82, 2.24) is 9.78 Å². The van der Waals surface area contributed by atoms with Crippen LogP contribution < -0.4 is 0 Å². The third-order valence-electron chi connectivity index (χ3n) is 1.21. The standard InChI is InChI=1S/C6H7BrN2O/c1-4(10)5-3-6(7)8-9(5)2/h3H,1-2H3. The van der Waals surface area contributed by atoms with Crippen molar-refractivity contribution in [3.63, 3.8) is 0 Å². The zero-order chi connectivity index (χ0) is 7.72. The van der Waals surface area contributed by atoms with Crippen LogP contribution >= 0.6 is 15.9 Å². The van der Waals surface area contributed by atoms with Crippen molar-refractivity contribution in [2.45, 2.75) is 6.92 Å². The monoisotopic (exact) mass is 202 g/mol. The van der Waals surface area contributed by atoms with Crippen molar-refractivity contribution in [3.05, 3.63) is 16.4 Å². The normalized spacial score (nSPS) is 9.90. The number of aryl methyl sites for hydroxylation is 1. The van der Waals surface area contributed by atoms with E-state index in [9.17, 15) is 4.79 Å². The second kappa shape index (κ2) is 2.54. The molecule has 1 aromatic heterocycles. The number of hydrogen-bond donors (Lipinski definition) is 0. The summed E-state index contributed by atoms with van der Waals surface area (Å²) >= 11 is 3.17. The number of aromatic nitrogens is 2. The Morgan fingerprint density at radius 3 is 2.60 bits per heavy atom. The molecule has 0 atom stereocenters. The van der Waals surface area contributed by atoms with Crippen LogP contribution in [0.4, 0.5) is 0 Å². The van der Waals surface area contributed by atoms with E-state index in [0.29, 0.717) is 10.3 Å². The molecule has 1 heterocycles. The average Bonchev–Trinajstić information content (AvgIpc) is 2.10. The summed E-state index contributed by atoms with van der Waals surface area (Å²) in [5.41, 5.74) is 0.617. The first-order chi connectivity index (χ1) is 4.61. The van der Waals surface area contributed by atoms with E-state index < -0.39 is 0 Å². The predicted octanol–water partition coefficient (Wildman–Crippen LogP) is 1.39. The number of carbonyl (C=O) groups excluding carboxylic acids is 1. The van der Waals surface area contributed by atoms with Crippen molar-refractivity contribution < 1.29 is 4.79 Å². The first-order valence-corrected chi connectivity index (χ1v) is 3.61. The van der Waals surface area contributed by atoms with Gasteiger partial charge < -0.3 is 0 Å². The number of halogens is 1. The fourth-order valence-corrected chi connectivity index (χ4v) is 1.22. The van der Waals surface area contributed by atoms with Crippen LogP contribution in [0, 0.1) is 0 Å². The van der Waals surface area contributed by atoms with E-state index in [2.05, 4.69) is 21.0 Å². The summed E-state index contributed by atoms with van der Waals surface area (Å²) in [6.07, 6.45) is 0. The Morgan fingerprint density at radius 1 is 1.80 bits per heavy atom. The lowest BCUT2D eigenvalue weighted by Crippen LogP contribution is -2.02. The highest BCUT2D eigenvalue weighted by atomic mass is 79.9. The molecule has 0 spiro atoms. The first-order valence-electron chi connectivity index (χ1n) is 2.81. The molecule has 10 heavy (non-hydrogen) atoms. The Hall–Kier alpha value is -0.640. The van der Waals surface area contributed by atoms with E-state index in [1.807, 2.05) is 0 Å². The zero-order valence-electron chi connectivity index (χ0n) is 5.76. The quantitative estimate of drug-likeness (QED) is 0.646. The lowest BCUT2D eigenvalue weighted by molar-refractivity contribution is 0.100. The van der Waals surface area contributed by atoms with E-state index in [0.717, 1.165) is 0 Å². The Morgan fingerprint density at radius 2 is 2.40 bits per heavy atom. The first kappa shape index (κ1) is 7.47. The van der Waals surface area contributed by atoms with Crippen molar-refractivity contribution in [2.24, 2.45) is 7.05 Å². The minimum Gasteiger partial charge on any atom is -0.293 e. The van der Waals surface area contributed by atoms with Gasteiger partial charge in [0.05, 0.1) is 0 Å². The minimum atomic E-state index is 0.0284. The fraction of sp³-hybridized carbons (Fsp3) is 0.333. The number of ketones is 1. The Labute approximate surface area is 67.2 Å². The molecule has 3 nitrogen and oxygen atoms in total. The van der Waals surface area contributed by atoms with Crippen LogP contribution in [0.2, 0.25) is 0 Å². The molecule has 0 amide bonds. The van der Waals surface area contributed by atoms with Crippen molar-refractivity contribution in [3.8, 4) is 0 Å². The highest BCUT2D eigenvalue weighted by Gasteiger charge is 2.05. The lowest BCUT2D eigenvalue weighted by Gasteiger charge is -1.92. The fourth-order valence-electron chi connectivity index (χ4n) is 0.762. The predicted molar refractivity (Wildman–Crippen MR) is 40.9 cm³/mol. The second-order valence-corrected chi connectivity index (χ2v) is 2.84. The molecule has 0 radical (unpaired) electrons. The van der Waals surface area contributed by atoms with E-state index >= 15 is 0 Å². The topological polar surface area (TPSA) is 34.9 Å². The summed E-state index contributed by atoms with van der Waals surface area (Å²) in [6, 6.07) is 1.70. The van der Waals surface area contributed by atoms with Gasteiger partial charge in [0, 0.05) is 20.0 Å². The molecule has 0 aromatic carbocycles. The van der Waals surface area contributed by atoms with Crippen LogP contribution in [0.3, 0.4) is 0 Å². The minimum absolute atomic E-state index is 0.0284. The summed E-state index contributed by atoms with van der Waals surface area (Å²) < 4.78 is 2.24. The van der Waals surface area contributed by atoms with Crippen molar-refractivity contribution in [2.75, 3.05) is 0 Å². The highest BCUT2D eigenvalue weighted by molar-refractivity contribution is 9.10. The number of nitrogens with zero attached hydrogens (tertiary/aromatic N) is 2. The van der Waals surface area contributed by atoms with Crippen molar-refractivity contribution in [1.29, 1.82) is 0 Å². The van der Waals surface area contributed by atoms with E-state index in [4.69, 9.17) is 0 Å². The third-order valence-corrected chi connectivity index (χ3v) is 1.60. The van der Waals surface area contributed by atoms with E-state index in [-0.39, 0.29) is 5.78 Å².